The maximum absolute atomic E-state index is 6.27. The summed E-state index contributed by atoms with van der Waals surface area (Å²) < 4.78 is 0. The standard InChI is InChI=1S/C19H20Cl3N3/c1-14(17-7-6-16(20)12-19(17)22)23-25-10-8-24(9-11-25)13-15-4-2-3-5-18(15)21/h2-7,12H,8-11,13H2,1H3. The van der Waals surface area contributed by atoms with E-state index in [1.165, 1.54) is 5.56 Å². The van der Waals surface area contributed by atoms with E-state index in [2.05, 4.69) is 16.0 Å². The number of halogens is 3. The number of rotatable bonds is 4. The minimum absolute atomic E-state index is 0.631. The van der Waals surface area contributed by atoms with Gasteiger partial charge >= 0.3 is 0 Å². The van der Waals surface area contributed by atoms with Gasteiger partial charge in [0.1, 0.15) is 0 Å². The van der Waals surface area contributed by atoms with Gasteiger partial charge in [-0.25, -0.2) is 0 Å². The summed E-state index contributed by atoms with van der Waals surface area (Å²) in [5.41, 5.74) is 3.00. The van der Waals surface area contributed by atoms with Crippen molar-refractivity contribution < 1.29 is 0 Å². The molecule has 3 rings (SSSR count). The summed E-state index contributed by atoms with van der Waals surface area (Å²) >= 11 is 18.5. The van der Waals surface area contributed by atoms with Crippen molar-refractivity contribution in [2.24, 2.45) is 5.10 Å². The van der Waals surface area contributed by atoms with Crippen molar-refractivity contribution in [1.82, 2.24) is 9.91 Å². The van der Waals surface area contributed by atoms with Crippen molar-refractivity contribution in [3.8, 4) is 0 Å². The molecular formula is C19H20Cl3N3. The molecule has 0 unspecified atom stereocenters. The monoisotopic (exact) mass is 395 g/mol. The molecule has 1 fully saturated rings. The molecular weight excluding hydrogens is 377 g/mol. The fourth-order valence-corrected chi connectivity index (χ4v) is 3.65. The van der Waals surface area contributed by atoms with Crippen LogP contribution in [-0.2, 0) is 6.54 Å². The van der Waals surface area contributed by atoms with Crippen LogP contribution in [0.1, 0.15) is 18.1 Å². The molecule has 1 heterocycles. The van der Waals surface area contributed by atoms with E-state index in [1.54, 1.807) is 6.07 Å². The van der Waals surface area contributed by atoms with Crippen molar-refractivity contribution in [2.75, 3.05) is 26.2 Å². The van der Waals surface area contributed by atoms with Crippen molar-refractivity contribution in [3.63, 3.8) is 0 Å². The Labute approximate surface area is 163 Å². The Morgan fingerprint density at radius 1 is 0.960 bits per heavy atom. The van der Waals surface area contributed by atoms with Crippen LogP contribution in [0.5, 0.6) is 0 Å². The average Bonchev–Trinajstić information content (AvgIpc) is 2.58. The molecule has 0 aromatic heterocycles. The predicted molar refractivity (Wildman–Crippen MR) is 107 cm³/mol. The summed E-state index contributed by atoms with van der Waals surface area (Å²) in [5, 5.41) is 8.92. The average molecular weight is 397 g/mol. The van der Waals surface area contributed by atoms with Gasteiger partial charge in [0.15, 0.2) is 0 Å². The Bertz CT molecular complexity index is 768. The highest BCUT2D eigenvalue weighted by Gasteiger charge is 2.17. The van der Waals surface area contributed by atoms with E-state index in [-0.39, 0.29) is 0 Å². The second-order valence-electron chi connectivity index (χ2n) is 6.13. The molecule has 6 heteroatoms. The van der Waals surface area contributed by atoms with Crippen LogP contribution in [0.2, 0.25) is 15.1 Å². The number of nitrogens with zero attached hydrogens (tertiary/aromatic N) is 3. The first-order valence-electron chi connectivity index (χ1n) is 8.24. The van der Waals surface area contributed by atoms with E-state index in [0.717, 1.165) is 49.0 Å². The summed E-state index contributed by atoms with van der Waals surface area (Å²) in [6.07, 6.45) is 0. The number of benzene rings is 2. The Kier molecular flexibility index (Phi) is 6.24. The maximum Gasteiger partial charge on any atom is 0.0661 e. The number of piperazine rings is 1. The van der Waals surface area contributed by atoms with Gasteiger partial charge in [-0.2, -0.15) is 5.10 Å². The SMILES string of the molecule is CC(=NN1CCN(Cc2ccccc2Cl)CC1)c1ccc(Cl)cc1Cl. The summed E-state index contributed by atoms with van der Waals surface area (Å²) in [4.78, 5) is 2.40. The van der Waals surface area contributed by atoms with Crippen LogP contribution in [0.4, 0.5) is 0 Å². The number of hydrogen-bond acceptors (Lipinski definition) is 3. The molecule has 3 nitrogen and oxygen atoms in total. The van der Waals surface area contributed by atoms with E-state index in [0.29, 0.717) is 10.0 Å². The molecule has 0 N–H and O–H groups in total. The molecule has 0 atom stereocenters. The number of hydrazone groups is 1. The lowest BCUT2D eigenvalue weighted by molar-refractivity contribution is 0.130. The van der Waals surface area contributed by atoms with Gasteiger partial charge in [-0.05, 0) is 30.7 Å². The zero-order chi connectivity index (χ0) is 17.8. The molecule has 1 saturated heterocycles. The summed E-state index contributed by atoms with van der Waals surface area (Å²) in [5.74, 6) is 0. The number of hydrogen-bond donors (Lipinski definition) is 0. The van der Waals surface area contributed by atoms with E-state index in [9.17, 15) is 0 Å². The molecule has 2 aromatic rings. The smallest absolute Gasteiger partial charge is 0.0661 e. The van der Waals surface area contributed by atoms with E-state index in [1.807, 2.05) is 37.3 Å². The first kappa shape index (κ1) is 18.5. The molecule has 0 radical (unpaired) electrons. The van der Waals surface area contributed by atoms with E-state index < -0.39 is 0 Å². The van der Waals surface area contributed by atoms with Crippen LogP contribution in [0.3, 0.4) is 0 Å². The van der Waals surface area contributed by atoms with Crippen molar-refractivity contribution in [3.05, 3.63) is 68.7 Å². The fraction of sp³-hybridized carbons (Fsp3) is 0.316. The van der Waals surface area contributed by atoms with Gasteiger partial charge in [-0.15, -0.1) is 0 Å². The zero-order valence-corrected chi connectivity index (χ0v) is 16.3. The summed E-state index contributed by atoms with van der Waals surface area (Å²) in [7, 11) is 0. The lowest BCUT2D eigenvalue weighted by Crippen LogP contribution is -2.43. The third kappa shape index (κ3) is 4.89. The van der Waals surface area contributed by atoms with Crippen molar-refractivity contribution in [1.29, 1.82) is 0 Å². The van der Waals surface area contributed by atoms with E-state index >= 15 is 0 Å². The third-order valence-electron chi connectivity index (χ3n) is 4.31. The molecule has 0 bridgehead atoms. The molecule has 0 amide bonds. The maximum atomic E-state index is 6.27. The lowest BCUT2D eigenvalue weighted by atomic mass is 10.1. The molecule has 0 saturated carbocycles. The van der Waals surface area contributed by atoms with Crippen LogP contribution in [0, 0.1) is 0 Å². The Morgan fingerprint density at radius 2 is 1.68 bits per heavy atom. The molecule has 1 aliphatic heterocycles. The van der Waals surface area contributed by atoms with Gasteiger partial charge in [-0.1, -0.05) is 59.1 Å². The molecule has 132 valence electrons. The van der Waals surface area contributed by atoms with Gasteiger partial charge < -0.3 is 0 Å². The van der Waals surface area contributed by atoms with Gasteiger partial charge in [0.25, 0.3) is 0 Å². The van der Waals surface area contributed by atoms with Gasteiger partial charge in [-0.3, -0.25) is 9.91 Å². The first-order chi connectivity index (χ1) is 12.0. The lowest BCUT2D eigenvalue weighted by Gasteiger charge is -2.33. The van der Waals surface area contributed by atoms with Crippen molar-refractivity contribution >= 4 is 40.5 Å². The van der Waals surface area contributed by atoms with Crippen LogP contribution in [0.15, 0.2) is 47.6 Å². The first-order valence-corrected chi connectivity index (χ1v) is 9.37. The summed E-state index contributed by atoms with van der Waals surface area (Å²) in [6.45, 7) is 6.52. The van der Waals surface area contributed by atoms with Gasteiger partial charge in [0, 0.05) is 48.3 Å². The van der Waals surface area contributed by atoms with Crippen LogP contribution in [0.25, 0.3) is 0 Å². The summed E-state index contributed by atoms with van der Waals surface area (Å²) in [6, 6.07) is 13.5. The van der Waals surface area contributed by atoms with Crippen molar-refractivity contribution in [2.45, 2.75) is 13.5 Å². The minimum atomic E-state index is 0.631. The minimum Gasteiger partial charge on any atom is -0.295 e. The third-order valence-corrected chi connectivity index (χ3v) is 5.23. The van der Waals surface area contributed by atoms with Crippen LogP contribution >= 0.6 is 34.8 Å². The Hall–Kier alpha value is -1.26. The molecule has 25 heavy (non-hydrogen) atoms. The molecule has 2 aromatic carbocycles. The van der Waals surface area contributed by atoms with Crippen LogP contribution in [-0.4, -0.2) is 41.8 Å². The molecule has 1 aliphatic rings. The predicted octanol–water partition coefficient (Wildman–Crippen LogP) is 5.19. The fourth-order valence-electron chi connectivity index (χ4n) is 2.91. The second kappa shape index (κ2) is 8.41. The largest absolute Gasteiger partial charge is 0.295 e. The van der Waals surface area contributed by atoms with Crippen LogP contribution < -0.4 is 0 Å². The quantitative estimate of drug-likeness (QED) is 0.662. The highest BCUT2D eigenvalue weighted by Crippen LogP contribution is 2.22. The molecule has 0 spiro atoms. The van der Waals surface area contributed by atoms with Gasteiger partial charge in [0.2, 0.25) is 0 Å². The topological polar surface area (TPSA) is 18.8 Å². The highest BCUT2D eigenvalue weighted by molar-refractivity contribution is 6.37. The zero-order valence-electron chi connectivity index (χ0n) is 14.1. The normalized spacial score (nSPS) is 16.3. The Balaban J connectivity index is 1.59. The van der Waals surface area contributed by atoms with Gasteiger partial charge in [0.05, 0.1) is 10.7 Å². The Morgan fingerprint density at radius 3 is 2.36 bits per heavy atom. The van der Waals surface area contributed by atoms with E-state index in [4.69, 9.17) is 39.9 Å². The highest BCUT2D eigenvalue weighted by atomic mass is 35.5. The molecule has 0 aliphatic carbocycles. The second-order valence-corrected chi connectivity index (χ2v) is 7.38.